The van der Waals surface area contributed by atoms with E-state index in [0.29, 0.717) is 30.1 Å². The lowest BCUT2D eigenvalue weighted by molar-refractivity contribution is -0.186. The number of fused-ring (bicyclic) bond motifs is 5. The topological polar surface area (TPSA) is 52.6 Å². The Bertz CT molecular complexity index is 869. The lowest BCUT2D eigenvalue weighted by Crippen LogP contribution is -2.59. The number of ether oxygens (including phenoxy) is 2. The summed E-state index contributed by atoms with van der Waals surface area (Å²) in [6.07, 6.45) is 4.52. The van der Waals surface area contributed by atoms with Gasteiger partial charge in [0, 0.05) is 12.3 Å². The van der Waals surface area contributed by atoms with Crippen molar-refractivity contribution in [2.24, 2.45) is 23.2 Å². The van der Waals surface area contributed by atoms with Gasteiger partial charge in [-0.2, -0.15) is 0 Å². The van der Waals surface area contributed by atoms with Crippen molar-refractivity contribution in [2.45, 2.75) is 68.1 Å². The van der Waals surface area contributed by atoms with Gasteiger partial charge in [0.1, 0.15) is 9.49 Å². The summed E-state index contributed by atoms with van der Waals surface area (Å²) >= 11 is 6.80. The number of hydrogen-bond acceptors (Lipinski definition) is 4. The Balaban J connectivity index is 1.76. The van der Waals surface area contributed by atoms with Crippen molar-refractivity contribution in [1.29, 1.82) is 0 Å². The lowest BCUT2D eigenvalue weighted by Gasteiger charge is -2.56. The smallest absolute Gasteiger partial charge is 0.303 e. The molecule has 3 aliphatic carbocycles. The number of Topliss-reactive ketones (excluding diaryl/α,β-unsaturated/α-hetero) is 1. The Morgan fingerprint density at radius 1 is 1.23 bits per heavy atom. The van der Waals surface area contributed by atoms with E-state index in [1.165, 1.54) is 18.1 Å². The molecule has 1 aromatic carbocycles. The lowest BCUT2D eigenvalue weighted by atomic mass is 9.50. The number of esters is 1. The maximum absolute atomic E-state index is 13.4. The fourth-order valence-electron chi connectivity index (χ4n) is 7.27. The van der Waals surface area contributed by atoms with Gasteiger partial charge in [0.05, 0.1) is 7.11 Å². The molecule has 30 heavy (non-hydrogen) atoms. The molecule has 0 heterocycles. The molecule has 6 unspecified atom stereocenters. The minimum absolute atomic E-state index is 0.0608. The van der Waals surface area contributed by atoms with Crippen molar-refractivity contribution >= 4 is 43.6 Å². The van der Waals surface area contributed by atoms with Gasteiger partial charge in [-0.15, -0.1) is 0 Å². The maximum Gasteiger partial charge on any atom is 0.303 e. The number of carbonyl (C=O) groups excluding carboxylic acids is 2. The number of halogens is 2. The van der Waals surface area contributed by atoms with Crippen LogP contribution in [-0.4, -0.2) is 28.2 Å². The second kappa shape index (κ2) is 7.91. The largest absolute Gasteiger partial charge is 0.497 e. The highest BCUT2D eigenvalue weighted by molar-refractivity contribution is 9.25. The van der Waals surface area contributed by atoms with E-state index in [0.717, 1.165) is 31.4 Å². The fraction of sp³-hybridized carbons (Fsp3) is 0.667. The second-order valence-electron chi connectivity index (χ2n) is 9.62. The third-order valence-electron chi connectivity index (χ3n) is 8.26. The van der Waals surface area contributed by atoms with Crippen LogP contribution in [-0.2, 0) is 20.7 Å². The highest BCUT2D eigenvalue weighted by Crippen LogP contribution is 2.67. The van der Waals surface area contributed by atoms with Crippen LogP contribution in [0.15, 0.2) is 18.2 Å². The molecule has 0 bridgehead atoms. The fourth-order valence-corrected chi connectivity index (χ4v) is 8.01. The molecule has 0 aromatic heterocycles. The SMILES string of the molecule is COc1ccc2c(c1)CCC1C2C(C)CC2(C)C1CCC2(OC(C)=O)C(=O)C(Br)Br. The van der Waals surface area contributed by atoms with Crippen molar-refractivity contribution in [3.63, 3.8) is 0 Å². The number of alkyl halides is 2. The molecule has 4 nitrogen and oxygen atoms in total. The molecule has 3 aliphatic rings. The molecule has 6 atom stereocenters. The van der Waals surface area contributed by atoms with E-state index >= 15 is 0 Å². The molecule has 0 saturated heterocycles. The minimum Gasteiger partial charge on any atom is -0.497 e. The van der Waals surface area contributed by atoms with Crippen LogP contribution in [0.2, 0.25) is 0 Å². The van der Waals surface area contributed by atoms with E-state index in [-0.39, 0.29) is 17.2 Å². The van der Waals surface area contributed by atoms with Crippen LogP contribution >= 0.6 is 31.9 Å². The van der Waals surface area contributed by atoms with E-state index in [2.05, 4.69) is 63.9 Å². The van der Waals surface area contributed by atoms with Gasteiger partial charge in [-0.1, -0.05) is 51.8 Å². The first-order valence-corrected chi connectivity index (χ1v) is 12.7. The zero-order valence-corrected chi connectivity index (χ0v) is 21.2. The highest BCUT2D eigenvalue weighted by atomic mass is 79.9. The van der Waals surface area contributed by atoms with E-state index < -0.39 is 9.34 Å². The first-order valence-electron chi connectivity index (χ1n) is 10.8. The summed E-state index contributed by atoms with van der Waals surface area (Å²) in [5.41, 5.74) is 1.41. The molecule has 0 aliphatic heterocycles. The number of benzene rings is 1. The summed E-state index contributed by atoms with van der Waals surface area (Å²) in [6, 6.07) is 6.51. The summed E-state index contributed by atoms with van der Waals surface area (Å²) in [5, 5.41) is 0. The zero-order valence-electron chi connectivity index (χ0n) is 18.0. The van der Waals surface area contributed by atoms with Gasteiger partial charge in [0.25, 0.3) is 0 Å². The molecule has 1 aromatic rings. The molecule has 164 valence electrons. The van der Waals surface area contributed by atoms with Crippen molar-refractivity contribution in [3.05, 3.63) is 29.3 Å². The van der Waals surface area contributed by atoms with Crippen LogP contribution in [0, 0.1) is 23.2 Å². The van der Waals surface area contributed by atoms with Gasteiger partial charge < -0.3 is 9.47 Å². The summed E-state index contributed by atoms with van der Waals surface area (Å²) in [5.74, 6) is 2.21. The molecule has 4 rings (SSSR count). The number of methoxy groups -OCH3 is 1. The van der Waals surface area contributed by atoms with E-state index in [1.807, 2.05) is 0 Å². The first kappa shape index (κ1) is 22.3. The minimum atomic E-state index is -1.07. The standard InChI is InChI=1S/C24H30Br2O4/c1-13-12-23(3)19(9-10-24(23,30-14(2)27)21(28)22(25)26)18-7-5-15-11-16(29-4)6-8-17(15)20(13)18/h6,8,11,13,18-20,22H,5,7,9-10,12H2,1-4H3. The third-order valence-corrected chi connectivity index (χ3v) is 9.09. The third kappa shape index (κ3) is 3.19. The van der Waals surface area contributed by atoms with Crippen LogP contribution < -0.4 is 4.74 Å². The number of carbonyl (C=O) groups is 2. The van der Waals surface area contributed by atoms with E-state index in [1.54, 1.807) is 7.11 Å². The Morgan fingerprint density at radius 2 is 1.97 bits per heavy atom. The van der Waals surface area contributed by atoms with Crippen LogP contribution in [0.1, 0.15) is 63.5 Å². The summed E-state index contributed by atoms with van der Waals surface area (Å²) in [6.45, 7) is 5.92. The highest BCUT2D eigenvalue weighted by Gasteiger charge is 2.68. The monoisotopic (exact) mass is 540 g/mol. The average molecular weight is 542 g/mol. The number of ketones is 1. The van der Waals surface area contributed by atoms with Crippen LogP contribution in [0.25, 0.3) is 0 Å². The van der Waals surface area contributed by atoms with Crippen LogP contribution in [0.5, 0.6) is 5.75 Å². The van der Waals surface area contributed by atoms with Gasteiger partial charge in [-0.3, -0.25) is 9.59 Å². The molecule has 0 spiro atoms. The van der Waals surface area contributed by atoms with Gasteiger partial charge >= 0.3 is 5.97 Å². The molecular formula is C24H30Br2O4. The van der Waals surface area contributed by atoms with Crippen molar-refractivity contribution in [3.8, 4) is 5.75 Å². The zero-order chi connectivity index (χ0) is 21.8. The second-order valence-corrected chi connectivity index (χ2v) is 12.7. The predicted molar refractivity (Wildman–Crippen MR) is 123 cm³/mol. The number of rotatable bonds is 4. The predicted octanol–water partition coefficient (Wildman–Crippen LogP) is 5.78. The van der Waals surface area contributed by atoms with Crippen molar-refractivity contribution < 1.29 is 19.1 Å². The number of hydrogen-bond donors (Lipinski definition) is 0. The van der Waals surface area contributed by atoms with Gasteiger partial charge in [0.15, 0.2) is 5.60 Å². The van der Waals surface area contributed by atoms with Crippen molar-refractivity contribution in [1.82, 2.24) is 0 Å². The Labute approximate surface area is 195 Å². The normalized spacial score (nSPS) is 37.2. The molecular weight excluding hydrogens is 512 g/mol. The Hall–Kier alpha value is -0.880. The number of aryl methyl sites for hydroxylation is 1. The van der Waals surface area contributed by atoms with Gasteiger partial charge in [-0.05, 0) is 79.0 Å². The first-order chi connectivity index (χ1) is 14.1. The van der Waals surface area contributed by atoms with Gasteiger partial charge in [0.2, 0.25) is 5.78 Å². The van der Waals surface area contributed by atoms with Gasteiger partial charge in [-0.25, -0.2) is 0 Å². The summed E-state index contributed by atoms with van der Waals surface area (Å²) in [4.78, 5) is 25.5. The van der Waals surface area contributed by atoms with E-state index in [9.17, 15) is 9.59 Å². The summed E-state index contributed by atoms with van der Waals surface area (Å²) < 4.78 is 10.9. The average Bonchev–Trinajstić information content (AvgIpc) is 2.98. The van der Waals surface area contributed by atoms with E-state index in [4.69, 9.17) is 9.47 Å². The maximum atomic E-state index is 13.4. The van der Waals surface area contributed by atoms with Crippen LogP contribution in [0.3, 0.4) is 0 Å². The molecule has 0 amide bonds. The van der Waals surface area contributed by atoms with Crippen molar-refractivity contribution in [2.75, 3.05) is 7.11 Å². The summed E-state index contributed by atoms with van der Waals surface area (Å²) in [7, 11) is 1.72. The quantitative estimate of drug-likeness (QED) is 0.358. The molecule has 2 saturated carbocycles. The molecule has 6 heteroatoms. The molecule has 0 N–H and O–H groups in total. The Kier molecular flexibility index (Phi) is 5.89. The van der Waals surface area contributed by atoms with Crippen LogP contribution in [0.4, 0.5) is 0 Å². The Morgan fingerprint density at radius 3 is 2.60 bits per heavy atom. The molecule has 0 radical (unpaired) electrons. The molecule has 2 fully saturated rings.